The van der Waals surface area contributed by atoms with E-state index in [0.717, 1.165) is 0 Å². The molecule has 4 heteroatoms. The normalized spacial score (nSPS) is 18.4. The van der Waals surface area contributed by atoms with Crippen molar-refractivity contribution >= 4 is 5.78 Å². The molecule has 2 unspecified atom stereocenters. The van der Waals surface area contributed by atoms with Gasteiger partial charge in [0.05, 0.1) is 13.2 Å². The Morgan fingerprint density at radius 1 is 1.75 bits per heavy atom. The standard InChI is InChI=1S/C8H17NO3/c1-6(9)4-12-5-8(3,11)7(2)10/h6,11H,4-5,9H2,1-3H3. The summed E-state index contributed by atoms with van der Waals surface area (Å²) in [6, 6.07) is -0.0761. The molecular weight excluding hydrogens is 158 g/mol. The molecule has 0 fully saturated rings. The molecule has 72 valence electrons. The highest BCUT2D eigenvalue weighted by Crippen LogP contribution is 2.04. The van der Waals surface area contributed by atoms with E-state index in [9.17, 15) is 9.90 Å². The van der Waals surface area contributed by atoms with Gasteiger partial charge in [0.2, 0.25) is 0 Å². The number of carbonyl (C=O) groups excluding carboxylic acids is 1. The Morgan fingerprint density at radius 2 is 2.25 bits per heavy atom. The fourth-order valence-corrected chi connectivity index (χ4v) is 0.545. The zero-order valence-corrected chi connectivity index (χ0v) is 7.83. The Labute approximate surface area is 72.7 Å². The summed E-state index contributed by atoms with van der Waals surface area (Å²) in [6.07, 6.45) is 0. The van der Waals surface area contributed by atoms with Gasteiger partial charge in [-0.1, -0.05) is 0 Å². The number of aliphatic hydroxyl groups is 1. The van der Waals surface area contributed by atoms with Crippen molar-refractivity contribution in [3.8, 4) is 0 Å². The van der Waals surface area contributed by atoms with Gasteiger partial charge in [0.15, 0.2) is 5.78 Å². The van der Waals surface area contributed by atoms with Crippen LogP contribution in [0, 0.1) is 0 Å². The minimum atomic E-state index is -1.38. The van der Waals surface area contributed by atoms with Crippen LogP contribution in [0.25, 0.3) is 0 Å². The number of hydrogen-bond donors (Lipinski definition) is 2. The van der Waals surface area contributed by atoms with Crippen molar-refractivity contribution in [3.05, 3.63) is 0 Å². The van der Waals surface area contributed by atoms with Crippen LogP contribution in [0.2, 0.25) is 0 Å². The van der Waals surface area contributed by atoms with Crippen LogP contribution in [0.4, 0.5) is 0 Å². The first-order valence-corrected chi connectivity index (χ1v) is 3.93. The second-order valence-corrected chi connectivity index (χ2v) is 3.32. The summed E-state index contributed by atoms with van der Waals surface area (Å²) in [5.74, 6) is -0.299. The maximum atomic E-state index is 10.8. The van der Waals surface area contributed by atoms with Crippen LogP contribution in [-0.4, -0.2) is 35.7 Å². The molecule has 0 aliphatic heterocycles. The minimum Gasteiger partial charge on any atom is -0.380 e. The average molecular weight is 175 g/mol. The highest BCUT2D eigenvalue weighted by molar-refractivity contribution is 5.84. The molecule has 0 aliphatic rings. The molecule has 0 bridgehead atoms. The Balaban J connectivity index is 3.69. The Morgan fingerprint density at radius 3 is 2.58 bits per heavy atom. The van der Waals surface area contributed by atoms with E-state index >= 15 is 0 Å². The SMILES string of the molecule is CC(=O)C(C)(O)COCC(C)N. The van der Waals surface area contributed by atoms with Crippen molar-refractivity contribution in [3.63, 3.8) is 0 Å². The van der Waals surface area contributed by atoms with Crippen molar-refractivity contribution in [2.75, 3.05) is 13.2 Å². The van der Waals surface area contributed by atoms with Crippen LogP contribution in [0.5, 0.6) is 0 Å². The highest BCUT2D eigenvalue weighted by atomic mass is 16.5. The molecule has 0 saturated carbocycles. The molecule has 0 aromatic carbocycles. The van der Waals surface area contributed by atoms with Crippen LogP contribution in [-0.2, 0) is 9.53 Å². The molecule has 0 spiro atoms. The smallest absolute Gasteiger partial charge is 0.163 e. The maximum Gasteiger partial charge on any atom is 0.163 e. The molecule has 3 N–H and O–H groups in total. The van der Waals surface area contributed by atoms with Crippen LogP contribution in [0.1, 0.15) is 20.8 Å². The largest absolute Gasteiger partial charge is 0.380 e. The lowest BCUT2D eigenvalue weighted by Gasteiger charge is -2.20. The molecule has 0 rings (SSSR count). The van der Waals surface area contributed by atoms with Crippen LogP contribution >= 0.6 is 0 Å². The van der Waals surface area contributed by atoms with Gasteiger partial charge < -0.3 is 15.6 Å². The number of hydrogen-bond acceptors (Lipinski definition) is 4. The number of carbonyl (C=O) groups is 1. The third-order valence-corrected chi connectivity index (χ3v) is 1.52. The number of ketones is 1. The van der Waals surface area contributed by atoms with Crippen molar-refractivity contribution in [1.82, 2.24) is 0 Å². The molecule has 2 atom stereocenters. The number of Topliss-reactive ketones (excluding diaryl/α,β-unsaturated/α-hetero) is 1. The third kappa shape index (κ3) is 4.43. The van der Waals surface area contributed by atoms with Crippen LogP contribution in [0.15, 0.2) is 0 Å². The Hall–Kier alpha value is -0.450. The van der Waals surface area contributed by atoms with Gasteiger partial charge in [-0.2, -0.15) is 0 Å². The first kappa shape index (κ1) is 11.6. The quantitative estimate of drug-likeness (QED) is 0.601. The monoisotopic (exact) mass is 175 g/mol. The summed E-state index contributed by atoms with van der Waals surface area (Å²) >= 11 is 0. The Kier molecular flexibility index (Phi) is 4.37. The van der Waals surface area contributed by atoms with Gasteiger partial charge in [-0.05, 0) is 20.8 Å². The molecule has 0 aromatic rings. The topological polar surface area (TPSA) is 72.5 Å². The van der Waals surface area contributed by atoms with Gasteiger partial charge in [0, 0.05) is 6.04 Å². The molecule has 0 radical (unpaired) electrons. The first-order chi connectivity index (χ1) is 5.36. The predicted molar refractivity (Wildman–Crippen MR) is 45.8 cm³/mol. The lowest BCUT2D eigenvalue weighted by Crippen LogP contribution is -2.39. The van der Waals surface area contributed by atoms with E-state index in [4.69, 9.17) is 10.5 Å². The predicted octanol–water partition coefficient (Wildman–Crippen LogP) is -0.310. The summed E-state index contributed by atoms with van der Waals surface area (Å²) in [6.45, 7) is 4.90. The molecule has 4 nitrogen and oxygen atoms in total. The number of ether oxygens (including phenoxy) is 1. The summed E-state index contributed by atoms with van der Waals surface area (Å²) < 4.78 is 5.03. The van der Waals surface area contributed by atoms with Gasteiger partial charge in [0.25, 0.3) is 0 Å². The van der Waals surface area contributed by atoms with E-state index in [1.165, 1.54) is 13.8 Å². The van der Waals surface area contributed by atoms with E-state index in [-0.39, 0.29) is 18.4 Å². The Bertz CT molecular complexity index is 154. The zero-order chi connectivity index (χ0) is 9.78. The van der Waals surface area contributed by atoms with Crippen LogP contribution in [0.3, 0.4) is 0 Å². The van der Waals surface area contributed by atoms with E-state index in [1.54, 1.807) is 6.92 Å². The molecule has 12 heavy (non-hydrogen) atoms. The van der Waals surface area contributed by atoms with E-state index in [0.29, 0.717) is 6.61 Å². The van der Waals surface area contributed by atoms with Crippen molar-refractivity contribution in [2.24, 2.45) is 5.73 Å². The first-order valence-electron chi connectivity index (χ1n) is 3.93. The van der Waals surface area contributed by atoms with Crippen molar-refractivity contribution < 1.29 is 14.6 Å². The summed E-state index contributed by atoms with van der Waals surface area (Å²) in [5, 5.41) is 9.39. The molecule has 0 heterocycles. The van der Waals surface area contributed by atoms with Crippen molar-refractivity contribution in [1.29, 1.82) is 0 Å². The average Bonchev–Trinajstić information content (AvgIpc) is 1.85. The fourth-order valence-electron chi connectivity index (χ4n) is 0.545. The zero-order valence-electron chi connectivity index (χ0n) is 7.83. The lowest BCUT2D eigenvalue weighted by molar-refractivity contribution is -0.139. The summed E-state index contributed by atoms with van der Waals surface area (Å²) in [7, 11) is 0. The number of nitrogens with two attached hydrogens (primary N) is 1. The molecule has 0 aliphatic carbocycles. The van der Waals surface area contributed by atoms with Crippen molar-refractivity contribution in [2.45, 2.75) is 32.4 Å². The highest BCUT2D eigenvalue weighted by Gasteiger charge is 2.26. The van der Waals surface area contributed by atoms with Gasteiger partial charge in [0.1, 0.15) is 5.60 Å². The van der Waals surface area contributed by atoms with Gasteiger partial charge in [-0.25, -0.2) is 0 Å². The molecule has 0 saturated heterocycles. The van der Waals surface area contributed by atoms with Crippen LogP contribution < -0.4 is 5.73 Å². The molecule has 0 amide bonds. The fraction of sp³-hybridized carbons (Fsp3) is 0.875. The lowest BCUT2D eigenvalue weighted by atomic mass is 10.0. The minimum absolute atomic E-state index is 0.00384. The number of rotatable bonds is 5. The molecular formula is C8H17NO3. The van der Waals surface area contributed by atoms with E-state index in [2.05, 4.69) is 0 Å². The summed E-state index contributed by atoms with van der Waals surface area (Å²) in [4.78, 5) is 10.8. The van der Waals surface area contributed by atoms with Gasteiger partial charge >= 0.3 is 0 Å². The second kappa shape index (κ2) is 4.54. The van der Waals surface area contributed by atoms with Gasteiger partial charge in [-0.15, -0.1) is 0 Å². The van der Waals surface area contributed by atoms with E-state index < -0.39 is 5.60 Å². The van der Waals surface area contributed by atoms with Gasteiger partial charge in [-0.3, -0.25) is 4.79 Å². The second-order valence-electron chi connectivity index (χ2n) is 3.32. The third-order valence-electron chi connectivity index (χ3n) is 1.52. The molecule has 0 aromatic heterocycles. The maximum absolute atomic E-state index is 10.8. The van der Waals surface area contributed by atoms with E-state index in [1.807, 2.05) is 0 Å². The summed E-state index contributed by atoms with van der Waals surface area (Å²) in [5.41, 5.74) is 4.03.